The average Bonchev–Trinajstić information content (AvgIpc) is 3.00. The Morgan fingerprint density at radius 3 is 2.27 bits per heavy atom. The minimum Gasteiger partial charge on any atom is -0.355 e. The predicted molar refractivity (Wildman–Crippen MR) is 94.2 cm³/mol. The number of rotatable bonds is 3. The highest BCUT2D eigenvalue weighted by Gasteiger charge is 2.15. The fraction of sp³-hybridized carbons (Fsp3) is 0.0476. The second-order valence-corrected chi connectivity index (χ2v) is 5.58. The van der Waals surface area contributed by atoms with Gasteiger partial charge in [-0.25, -0.2) is 0 Å². The third kappa shape index (κ3) is 2.42. The van der Waals surface area contributed by atoms with Crippen molar-refractivity contribution >= 4 is 23.0 Å². The van der Waals surface area contributed by atoms with Gasteiger partial charge in [0.2, 0.25) is 0 Å². The van der Waals surface area contributed by atoms with Crippen LogP contribution in [0.15, 0.2) is 78.9 Å². The van der Waals surface area contributed by atoms with E-state index in [0.717, 1.165) is 17.8 Å². The molecule has 0 saturated carbocycles. The van der Waals surface area contributed by atoms with Crippen molar-refractivity contribution < 1.29 is 0 Å². The summed E-state index contributed by atoms with van der Waals surface area (Å²) in [4.78, 5) is 0. The maximum Gasteiger partial charge on any atom is 0.0460 e. The maximum absolute atomic E-state index is 3.54. The molecular formula is C21H17N. The lowest BCUT2D eigenvalue weighted by molar-refractivity contribution is 1.31. The van der Waals surface area contributed by atoms with Crippen LogP contribution in [0.4, 0.5) is 11.4 Å². The van der Waals surface area contributed by atoms with Crippen LogP contribution in [0.2, 0.25) is 0 Å². The van der Waals surface area contributed by atoms with Gasteiger partial charge in [-0.05, 0) is 41.3 Å². The van der Waals surface area contributed by atoms with Gasteiger partial charge in [-0.1, -0.05) is 66.7 Å². The van der Waals surface area contributed by atoms with E-state index in [9.17, 15) is 0 Å². The summed E-state index contributed by atoms with van der Waals surface area (Å²) in [6, 6.07) is 27.5. The molecule has 1 aliphatic carbocycles. The minimum absolute atomic E-state index is 1.00. The van der Waals surface area contributed by atoms with E-state index in [2.05, 4.69) is 84.2 Å². The normalized spacial score (nSPS) is 12.6. The van der Waals surface area contributed by atoms with E-state index in [1.807, 2.05) is 6.07 Å². The molecule has 0 bridgehead atoms. The zero-order valence-electron chi connectivity index (χ0n) is 12.3. The molecule has 1 aliphatic rings. The standard InChI is InChI=1S/C21H17N/c1-2-10-19(11-3-1)22-21-13-7-6-12-20(21)18-14-16-8-4-5-9-17(16)15-18/h1-14,22H,15H2. The Morgan fingerprint density at radius 2 is 1.41 bits per heavy atom. The van der Waals surface area contributed by atoms with Gasteiger partial charge in [-0.3, -0.25) is 0 Å². The van der Waals surface area contributed by atoms with E-state index < -0.39 is 0 Å². The predicted octanol–water partition coefficient (Wildman–Crippen LogP) is 5.53. The van der Waals surface area contributed by atoms with Crippen molar-refractivity contribution in [3.8, 4) is 0 Å². The molecule has 4 rings (SSSR count). The molecular weight excluding hydrogens is 266 g/mol. The zero-order valence-corrected chi connectivity index (χ0v) is 12.3. The van der Waals surface area contributed by atoms with E-state index in [1.54, 1.807) is 0 Å². The Balaban J connectivity index is 1.69. The van der Waals surface area contributed by atoms with Crippen LogP contribution >= 0.6 is 0 Å². The Kier molecular flexibility index (Phi) is 3.24. The van der Waals surface area contributed by atoms with Crippen LogP contribution in [0.5, 0.6) is 0 Å². The molecule has 0 amide bonds. The van der Waals surface area contributed by atoms with Gasteiger partial charge >= 0.3 is 0 Å². The molecule has 0 unspecified atom stereocenters. The first kappa shape index (κ1) is 12.9. The quantitative estimate of drug-likeness (QED) is 0.666. The van der Waals surface area contributed by atoms with Gasteiger partial charge in [0.25, 0.3) is 0 Å². The zero-order chi connectivity index (χ0) is 14.8. The summed E-state index contributed by atoms with van der Waals surface area (Å²) >= 11 is 0. The Bertz CT molecular complexity index is 831. The van der Waals surface area contributed by atoms with Gasteiger partial charge in [0.1, 0.15) is 0 Å². The molecule has 0 heterocycles. The molecule has 106 valence electrons. The van der Waals surface area contributed by atoms with Crippen LogP contribution in [-0.4, -0.2) is 0 Å². The van der Waals surface area contributed by atoms with Crippen molar-refractivity contribution in [1.82, 2.24) is 0 Å². The average molecular weight is 283 g/mol. The van der Waals surface area contributed by atoms with Crippen molar-refractivity contribution in [3.05, 3.63) is 95.6 Å². The molecule has 1 N–H and O–H groups in total. The number of allylic oxidation sites excluding steroid dienone is 1. The number of hydrogen-bond donors (Lipinski definition) is 1. The van der Waals surface area contributed by atoms with Crippen LogP contribution in [0.25, 0.3) is 11.6 Å². The van der Waals surface area contributed by atoms with E-state index in [4.69, 9.17) is 0 Å². The molecule has 0 saturated heterocycles. The molecule has 0 fully saturated rings. The van der Waals surface area contributed by atoms with Crippen LogP contribution in [0, 0.1) is 0 Å². The Labute approximate surface area is 130 Å². The van der Waals surface area contributed by atoms with Crippen molar-refractivity contribution in [2.45, 2.75) is 6.42 Å². The molecule has 0 atom stereocenters. The summed E-state index contributed by atoms with van der Waals surface area (Å²) in [6.07, 6.45) is 3.31. The number of hydrogen-bond acceptors (Lipinski definition) is 1. The number of fused-ring (bicyclic) bond motifs is 1. The van der Waals surface area contributed by atoms with Crippen LogP contribution < -0.4 is 5.32 Å². The number of benzene rings is 3. The van der Waals surface area contributed by atoms with Gasteiger partial charge in [-0.2, -0.15) is 0 Å². The second-order valence-electron chi connectivity index (χ2n) is 5.58. The summed E-state index contributed by atoms with van der Waals surface area (Å²) < 4.78 is 0. The van der Waals surface area contributed by atoms with E-state index in [-0.39, 0.29) is 0 Å². The third-order valence-corrected chi connectivity index (χ3v) is 4.09. The van der Waals surface area contributed by atoms with Crippen LogP contribution in [-0.2, 0) is 6.42 Å². The molecule has 0 spiro atoms. The minimum atomic E-state index is 1.00. The van der Waals surface area contributed by atoms with Crippen LogP contribution in [0.1, 0.15) is 16.7 Å². The van der Waals surface area contributed by atoms with E-state index in [1.165, 1.54) is 22.3 Å². The van der Waals surface area contributed by atoms with Crippen molar-refractivity contribution in [2.75, 3.05) is 5.32 Å². The lowest BCUT2D eigenvalue weighted by atomic mass is 10.0. The lowest BCUT2D eigenvalue weighted by Crippen LogP contribution is -1.95. The highest BCUT2D eigenvalue weighted by atomic mass is 14.9. The SMILES string of the molecule is C1=C(c2ccccc2Nc2ccccc2)Cc2ccccc21. The number of nitrogens with one attached hydrogen (secondary N) is 1. The molecule has 3 aromatic rings. The third-order valence-electron chi connectivity index (χ3n) is 4.09. The highest BCUT2D eigenvalue weighted by molar-refractivity contribution is 5.93. The molecule has 0 aromatic heterocycles. The largest absolute Gasteiger partial charge is 0.355 e. The summed E-state index contributed by atoms with van der Waals surface area (Å²) in [5.74, 6) is 0. The van der Waals surface area contributed by atoms with Crippen molar-refractivity contribution in [3.63, 3.8) is 0 Å². The fourth-order valence-electron chi connectivity index (χ4n) is 3.00. The lowest BCUT2D eigenvalue weighted by Gasteiger charge is -2.13. The van der Waals surface area contributed by atoms with Gasteiger partial charge in [0.05, 0.1) is 0 Å². The summed E-state index contributed by atoms with van der Waals surface area (Å²) in [5.41, 5.74) is 7.68. The summed E-state index contributed by atoms with van der Waals surface area (Å²) in [5, 5.41) is 3.54. The summed E-state index contributed by atoms with van der Waals surface area (Å²) in [6.45, 7) is 0. The van der Waals surface area contributed by atoms with Gasteiger partial charge < -0.3 is 5.32 Å². The van der Waals surface area contributed by atoms with Crippen LogP contribution in [0.3, 0.4) is 0 Å². The van der Waals surface area contributed by atoms with E-state index >= 15 is 0 Å². The maximum atomic E-state index is 3.54. The molecule has 0 aliphatic heterocycles. The highest BCUT2D eigenvalue weighted by Crippen LogP contribution is 2.35. The first-order valence-electron chi connectivity index (χ1n) is 7.60. The topological polar surface area (TPSA) is 12.0 Å². The number of anilines is 2. The van der Waals surface area contributed by atoms with Gasteiger partial charge in [0, 0.05) is 16.9 Å². The first-order valence-corrected chi connectivity index (χ1v) is 7.60. The van der Waals surface area contributed by atoms with Crippen molar-refractivity contribution in [1.29, 1.82) is 0 Å². The molecule has 22 heavy (non-hydrogen) atoms. The first-order chi connectivity index (χ1) is 10.9. The molecule has 3 aromatic carbocycles. The van der Waals surface area contributed by atoms with Gasteiger partial charge in [0.15, 0.2) is 0 Å². The fourth-order valence-corrected chi connectivity index (χ4v) is 3.00. The number of para-hydroxylation sites is 2. The summed E-state index contributed by atoms with van der Waals surface area (Å²) in [7, 11) is 0. The van der Waals surface area contributed by atoms with E-state index in [0.29, 0.717) is 0 Å². The monoisotopic (exact) mass is 283 g/mol. The second kappa shape index (κ2) is 5.53. The molecule has 1 heteroatoms. The smallest absolute Gasteiger partial charge is 0.0460 e. The Hall–Kier alpha value is -2.80. The molecule has 0 radical (unpaired) electrons. The molecule has 1 nitrogen and oxygen atoms in total. The Morgan fingerprint density at radius 1 is 0.682 bits per heavy atom. The van der Waals surface area contributed by atoms with Crippen molar-refractivity contribution in [2.24, 2.45) is 0 Å². The van der Waals surface area contributed by atoms with Gasteiger partial charge in [-0.15, -0.1) is 0 Å².